The van der Waals surface area contributed by atoms with Crippen molar-refractivity contribution in [2.45, 2.75) is 13.5 Å². The van der Waals surface area contributed by atoms with Gasteiger partial charge in [0.25, 0.3) is 5.91 Å². The molecule has 0 atom stereocenters. The Morgan fingerprint density at radius 1 is 1.17 bits per heavy atom. The van der Waals surface area contributed by atoms with Crippen molar-refractivity contribution < 1.29 is 9.90 Å². The van der Waals surface area contributed by atoms with Crippen LogP contribution < -0.4 is 0 Å². The predicted molar refractivity (Wildman–Crippen MR) is 115 cm³/mol. The lowest BCUT2D eigenvalue weighted by Crippen LogP contribution is -2.33. The molecule has 2 heterocycles. The maximum Gasteiger partial charge on any atom is 0.254 e. The smallest absolute Gasteiger partial charge is 0.254 e. The number of rotatable bonds is 7. The van der Waals surface area contributed by atoms with E-state index in [0.29, 0.717) is 17.8 Å². The van der Waals surface area contributed by atoms with Crippen LogP contribution in [-0.4, -0.2) is 49.3 Å². The molecule has 7 nitrogen and oxygen atoms in total. The van der Waals surface area contributed by atoms with Crippen molar-refractivity contribution in [1.82, 2.24) is 25.1 Å². The number of amides is 1. The molecule has 0 fully saturated rings. The summed E-state index contributed by atoms with van der Waals surface area (Å²) in [6.07, 6.45) is 1.50. The monoisotopic (exact) mass is 419 g/mol. The third kappa shape index (κ3) is 4.45. The van der Waals surface area contributed by atoms with Crippen LogP contribution in [0.3, 0.4) is 0 Å². The number of benzene rings is 2. The van der Waals surface area contributed by atoms with E-state index >= 15 is 0 Å². The van der Waals surface area contributed by atoms with Crippen LogP contribution in [0.4, 0.5) is 0 Å². The number of thiophene rings is 1. The van der Waals surface area contributed by atoms with Gasteiger partial charge < -0.3 is 10.0 Å². The fourth-order valence-electron chi connectivity index (χ4n) is 3.23. The Hall–Kier alpha value is -3.36. The van der Waals surface area contributed by atoms with Crippen LogP contribution >= 0.6 is 11.3 Å². The highest BCUT2D eigenvalue weighted by atomic mass is 32.1. The maximum atomic E-state index is 13.4. The first-order valence-corrected chi connectivity index (χ1v) is 10.4. The third-order valence-corrected chi connectivity index (χ3v) is 5.76. The van der Waals surface area contributed by atoms with Crippen molar-refractivity contribution in [2.24, 2.45) is 0 Å². The fraction of sp³-hybridized carbons (Fsp3) is 0.182. The Bertz CT molecular complexity index is 1130. The zero-order valence-electron chi connectivity index (χ0n) is 16.5. The number of nitrogens with zero attached hydrogens (tertiary/aromatic N) is 5. The quantitative estimate of drug-likeness (QED) is 0.497. The Balaban J connectivity index is 1.73. The van der Waals surface area contributed by atoms with Gasteiger partial charge >= 0.3 is 0 Å². The summed E-state index contributed by atoms with van der Waals surface area (Å²) < 4.78 is 1.54. The summed E-state index contributed by atoms with van der Waals surface area (Å²) in [5.74, 6) is -0.155. The summed E-state index contributed by atoms with van der Waals surface area (Å²) in [6.45, 7) is 2.60. The number of carbonyl (C=O) groups is 1. The molecule has 0 radical (unpaired) electrons. The molecule has 0 aliphatic rings. The summed E-state index contributed by atoms with van der Waals surface area (Å²) in [5, 5.41) is 23.0. The number of aromatic nitrogens is 4. The van der Waals surface area contributed by atoms with Crippen molar-refractivity contribution in [3.05, 3.63) is 83.0 Å². The first-order chi connectivity index (χ1) is 14.6. The average Bonchev–Trinajstić information content (AvgIpc) is 3.45. The molecule has 2 aromatic carbocycles. The minimum absolute atomic E-state index is 0.109. The topological polar surface area (TPSA) is 84.1 Å². The van der Waals surface area contributed by atoms with E-state index in [0.717, 1.165) is 16.0 Å². The molecule has 8 heteroatoms. The molecular weight excluding hydrogens is 398 g/mol. The van der Waals surface area contributed by atoms with Crippen molar-refractivity contribution >= 4 is 17.2 Å². The number of aliphatic hydroxyl groups excluding tert-OH is 1. The molecule has 0 saturated heterocycles. The molecule has 0 unspecified atom stereocenters. The van der Waals surface area contributed by atoms with Gasteiger partial charge in [0.05, 0.1) is 12.3 Å². The van der Waals surface area contributed by atoms with Gasteiger partial charge in [-0.05, 0) is 63.7 Å². The Kier molecular flexibility index (Phi) is 5.97. The van der Waals surface area contributed by atoms with Gasteiger partial charge in [-0.2, -0.15) is 0 Å². The van der Waals surface area contributed by atoms with Gasteiger partial charge in [-0.25, -0.2) is 4.68 Å². The van der Waals surface area contributed by atoms with Crippen LogP contribution in [0.15, 0.2) is 66.3 Å². The van der Waals surface area contributed by atoms with Crippen LogP contribution in [0.25, 0.3) is 16.1 Å². The molecule has 2 aromatic heterocycles. The van der Waals surface area contributed by atoms with Crippen LogP contribution in [-0.2, 0) is 6.54 Å². The summed E-state index contributed by atoms with van der Waals surface area (Å²) in [7, 11) is 0. The molecule has 0 bridgehead atoms. The summed E-state index contributed by atoms with van der Waals surface area (Å²) in [6, 6.07) is 17.5. The zero-order valence-corrected chi connectivity index (χ0v) is 17.3. The summed E-state index contributed by atoms with van der Waals surface area (Å²) in [4.78, 5) is 16.1. The Morgan fingerprint density at radius 2 is 2.00 bits per heavy atom. The van der Waals surface area contributed by atoms with Gasteiger partial charge in [0.2, 0.25) is 0 Å². The molecule has 0 spiro atoms. The highest BCUT2D eigenvalue weighted by Gasteiger charge is 2.19. The van der Waals surface area contributed by atoms with Crippen LogP contribution in [0.5, 0.6) is 0 Å². The lowest BCUT2D eigenvalue weighted by Gasteiger charge is -2.22. The van der Waals surface area contributed by atoms with Gasteiger partial charge in [0.15, 0.2) is 0 Å². The average molecular weight is 420 g/mol. The molecule has 4 aromatic rings. The van der Waals surface area contributed by atoms with Crippen LogP contribution in [0.2, 0.25) is 0 Å². The Morgan fingerprint density at radius 3 is 2.67 bits per heavy atom. The van der Waals surface area contributed by atoms with E-state index in [4.69, 9.17) is 0 Å². The first-order valence-electron chi connectivity index (χ1n) is 9.52. The van der Waals surface area contributed by atoms with E-state index in [1.165, 1.54) is 16.6 Å². The number of aliphatic hydroxyl groups is 1. The number of hydrogen-bond acceptors (Lipinski definition) is 6. The van der Waals surface area contributed by atoms with Crippen LogP contribution in [0.1, 0.15) is 21.5 Å². The fourth-order valence-corrected chi connectivity index (χ4v) is 4.12. The largest absolute Gasteiger partial charge is 0.395 e. The zero-order chi connectivity index (χ0) is 20.9. The lowest BCUT2D eigenvalue weighted by molar-refractivity contribution is 0.0708. The number of aryl methyl sites for hydroxylation is 1. The van der Waals surface area contributed by atoms with E-state index in [2.05, 4.69) is 27.0 Å². The second kappa shape index (κ2) is 8.98. The lowest BCUT2D eigenvalue weighted by atomic mass is 10.1. The Labute approximate surface area is 178 Å². The molecule has 1 amide bonds. The normalized spacial score (nSPS) is 10.9. The summed E-state index contributed by atoms with van der Waals surface area (Å²) >= 11 is 1.62. The molecule has 4 rings (SSSR count). The van der Waals surface area contributed by atoms with Gasteiger partial charge in [0.1, 0.15) is 6.33 Å². The van der Waals surface area contributed by atoms with Crippen molar-refractivity contribution in [1.29, 1.82) is 0 Å². The SMILES string of the molecule is Cc1csc(-c2cc(C(=O)N(CCO)Cc3ccccc3)cc(-n3cnnn3)c2)c1. The van der Waals surface area contributed by atoms with E-state index in [9.17, 15) is 9.90 Å². The van der Waals surface area contributed by atoms with E-state index in [1.807, 2.05) is 49.4 Å². The highest BCUT2D eigenvalue weighted by Crippen LogP contribution is 2.30. The molecule has 0 saturated carbocycles. The van der Waals surface area contributed by atoms with E-state index in [-0.39, 0.29) is 19.1 Å². The molecule has 152 valence electrons. The van der Waals surface area contributed by atoms with Gasteiger partial charge in [-0.1, -0.05) is 30.3 Å². The van der Waals surface area contributed by atoms with E-state index in [1.54, 1.807) is 22.3 Å². The minimum Gasteiger partial charge on any atom is -0.395 e. The molecule has 0 aliphatic carbocycles. The van der Waals surface area contributed by atoms with Crippen molar-refractivity contribution in [3.63, 3.8) is 0 Å². The maximum absolute atomic E-state index is 13.4. The van der Waals surface area contributed by atoms with Gasteiger partial charge in [0, 0.05) is 23.5 Å². The molecular formula is C22H21N5O2S. The molecule has 30 heavy (non-hydrogen) atoms. The number of tetrazole rings is 1. The molecule has 1 N–H and O–H groups in total. The highest BCUT2D eigenvalue weighted by molar-refractivity contribution is 7.13. The van der Waals surface area contributed by atoms with Crippen LogP contribution in [0, 0.1) is 6.92 Å². The van der Waals surface area contributed by atoms with Crippen molar-refractivity contribution in [3.8, 4) is 16.1 Å². The van der Waals surface area contributed by atoms with Gasteiger partial charge in [-0.15, -0.1) is 16.4 Å². The predicted octanol–water partition coefficient (Wildman–Crippen LogP) is 3.33. The van der Waals surface area contributed by atoms with Crippen molar-refractivity contribution in [2.75, 3.05) is 13.2 Å². The van der Waals surface area contributed by atoms with Gasteiger partial charge in [-0.3, -0.25) is 4.79 Å². The second-order valence-corrected chi connectivity index (χ2v) is 7.86. The standard InChI is InChI=1S/C22H21N5O2S/c1-16-9-21(30-14-16)18-10-19(12-20(11-18)27-15-23-24-25-27)22(29)26(7-8-28)13-17-5-3-2-4-6-17/h2-6,9-12,14-15,28H,7-8,13H2,1H3. The number of hydrogen-bond donors (Lipinski definition) is 1. The summed E-state index contributed by atoms with van der Waals surface area (Å²) in [5.41, 5.74) is 4.32. The number of carbonyl (C=O) groups excluding carboxylic acids is 1. The van der Waals surface area contributed by atoms with E-state index < -0.39 is 0 Å². The minimum atomic E-state index is -0.155. The second-order valence-electron chi connectivity index (χ2n) is 6.95. The first kappa shape index (κ1) is 19.9. The third-order valence-electron chi connectivity index (χ3n) is 4.67. The molecule has 0 aliphatic heterocycles.